The van der Waals surface area contributed by atoms with Crippen LogP contribution in [0, 0.1) is 6.92 Å². The summed E-state index contributed by atoms with van der Waals surface area (Å²) in [5.41, 5.74) is 3.59. The van der Waals surface area contributed by atoms with Crippen molar-refractivity contribution in [1.82, 2.24) is 0 Å². The minimum absolute atomic E-state index is 0.0395. The van der Waals surface area contributed by atoms with E-state index in [0.717, 1.165) is 23.2 Å². The fraction of sp³-hybridized carbons (Fsp3) is 0.350. The molecule has 0 unspecified atom stereocenters. The zero-order chi connectivity index (χ0) is 17.7. The number of carbonyl (C=O) groups is 1. The molecule has 1 amide bonds. The molecule has 0 saturated heterocycles. The average Bonchev–Trinajstić information content (AvgIpc) is 2.56. The minimum atomic E-state index is -0.159. The highest BCUT2D eigenvalue weighted by molar-refractivity contribution is 6.05. The maximum Gasteiger partial charge on any atom is 0.255 e. The second-order valence-electron chi connectivity index (χ2n) is 5.95. The highest BCUT2D eigenvalue weighted by Gasteiger charge is 2.14. The van der Waals surface area contributed by atoms with Gasteiger partial charge in [0, 0.05) is 11.3 Å². The van der Waals surface area contributed by atoms with Gasteiger partial charge in [-0.15, -0.1) is 0 Å². The van der Waals surface area contributed by atoms with E-state index >= 15 is 0 Å². The summed E-state index contributed by atoms with van der Waals surface area (Å²) in [5.74, 6) is 1.03. The molecule has 0 saturated carbocycles. The van der Waals surface area contributed by atoms with Gasteiger partial charge < -0.3 is 14.8 Å². The van der Waals surface area contributed by atoms with Crippen LogP contribution in [0.2, 0.25) is 0 Å². The summed E-state index contributed by atoms with van der Waals surface area (Å²) in [5, 5.41) is 3.02. The molecule has 2 aromatic carbocycles. The summed E-state index contributed by atoms with van der Waals surface area (Å²) >= 11 is 0. The molecule has 0 aromatic heterocycles. The van der Waals surface area contributed by atoms with E-state index in [4.69, 9.17) is 9.47 Å². The Bertz CT molecular complexity index is 723. The highest BCUT2D eigenvalue weighted by atomic mass is 16.5. The van der Waals surface area contributed by atoms with Crippen molar-refractivity contribution in [2.45, 2.75) is 40.2 Å². The van der Waals surface area contributed by atoms with Gasteiger partial charge in [0.05, 0.1) is 13.2 Å². The lowest BCUT2D eigenvalue weighted by Crippen LogP contribution is -2.15. The monoisotopic (exact) mass is 327 g/mol. The number of ether oxygens (including phenoxy) is 2. The molecule has 1 N–H and O–H groups in total. The Morgan fingerprint density at radius 3 is 2.54 bits per heavy atom. The van der Waals surface area contributed by atoms with Crippen LogP contribution < -0.4 is 14.8 Å². The van der Waals surface area contributed by atoms with E-state index in [0.29, 0.717) is 17.1 Å². The summed E-state index contributed by atoms with van der Waals surface area (Å²) < 4.78 is 11.0. The minimum Gasteiger partial charge on any atom is -0.493 e. The summed E-state index contributed by atoms with van der Waals surface area (Å²) in [6.45, 7) is 7.97. The number of amides is 1. The molecular weight excluding hydrogens is 302 g/mol. The van der Waals surface area contributed by atoms with Gasteiger partial charge in [-0.3, -0.25) is 4.79 Å². The normalized spacial score (nSPS) is 10.6. The SMILES string of the molecule is CCc1cccc(C)c1NC(=O)c1ccc(OC(C)C)c(OC)c1. The van der Waals surface area contributed by atoms with Crippen molar-refractivity contribution in [2.75, 3.05) is 12.4 Å². The lowest BCUT2D eigenvalue weighted by Gasteiger charge is -2.16. The van der Waals surface area contributed by atoms with Crippen LogP contribution in [0.15, 0.2) is 36.4 Å². The van der Waals surface area contributed by atoms with Gasteiger partial charge in [-0.2, -0.15) is 0 Å². The second-order valence-corrected chi connectivity index (χ2v) is 5.95. The first-order valence-corrected chi connectivity index (χ1v) is 8.20. The number of methoxy groups -OCH3 is 1. The summed E-state index contributed by atoms with van der Waals surface area (Å²) in [6, 6.07) is 11.3. The second kappa shape index (κ2) is 7.86. The molecule has 128 valence electrons. The van der Waals surface area contributed by atoms with Crippen molar-refractivity contribution >= 4 is 11.6 Å². The molecule has 0 atom stereocenters. The molecule has 2 rings (SSSR count). The van der Waals surface area contributed by atoms with E-state index in [1.807, 2.05) is 39.0 Å². The Labute approximate surface area is 143 Å². The third kappa shape index (κ3) is 4.07. The lowest BCUT2D eigenvalue weighted by atomic mass is 10.1. The van der Waals surface area contributed by atoms with Crippen molar-refractivity contribution in [3.05, 3.63) is 53.1 Å². The lowest BCUT2D eigenvalue weighted by molar-refractivity contribution is 0.102. The topological polar surface area (TPSA) is 47.6 Å². The number of nitrogens with one attached hydrogen (secondary N) is 1. The predicted octanol–water partition coefficient (Wildman–Crippen LogP) is 4.61. The first kappa shape index (κ1) is 17.9. The molecule has 24 heavy (non-hydrogen) atoms. The first-order chi connectivity index (χ1) is 11.5. The van der Waals surface area contributed by atoms with E-state index in [1.165, 1.54) is 0 Å². The molecule has 0 aliphatic heterocycles. The number of aryl methyl sites for hydroxylation is 2. The van der Waals surface area contributed by atoms with Gasteiger partial charge >= 0.3 is 0 Å². The zero-order valence-corrected chi connectivity index (χ0v) is 15.0. The number of hydrogen-bond donors (Lipinski definition) is 1. The summed E-state index contributed by atoms with van der Waals surface area (Å²) in [4.78, 5) is 12.6. The van der Waals surface area contributed by atoms with Crippen LogP contribution in [0.1, 0.15) is 42.3 Å². The van der Waals surface area contributed by atoms with Crippen molar-refractivity contribution in [2.24, 2.45) is 0 Å². The van der Waals surface area contributed by atoms with Gasteiger partial charge in [0.15, 0.2) is 11.5 Å². The van der Waals surface area contributed by atoms with Crippen LogP contribution in [-0.2, 0) is 6.42 Å². The molecule has 0 aliphatic rings. The Balaban J connectivity index is 2.28. The van der Waals surface area contributed by atoms with Crippen LogP contribution >= 0.6 is 0 Å². The van der Waals surface area contributed by atoms with Crippen molar-refractivity contribution in [1.29, 1.82) is 0 Å². The number of carbonyl (C=O) groups excluding carboxylic acids is 1. The van der Waals surface area contributed by atoms with Gasteiger partial charge in [-0.25, -0.2) is 0 Å². The van der Waals surface area contributed by atoms with Crippen LogP contribution in [0.25, 0.3) is 0 Å². The number of hydrogen-bond acceptors (Lipinski definition) is 3. The molecule has 4 nitrogen and oxygen atoms in total. The maximum atomic E-state index is 12.6. The fourth-order valence-electron chi connectivity index (χ4n) is 2.55. The molecule has 0 fully saturated rings. The molecule has 2 aromatic rings. The molecule has 4 heteroatoms. The smallest absolute Gasteiger partial charge is 0.255 e. The average molecular weight is 327 g/mol. The van der Waals surface area contributed by atoms with Crippen LogP contribution in [0.5, 0.6) is 11.5 Å². The van der Waals surface area contributed by atoms with Crippen molar-refractivity contribution in [3.8, 4) is 11.5 Å². The Morgan fingerprint density at radius 1 is 1.17 bits per heavy atom. The molecular formula is C20H25NO3. The van der Waals surface area contributed by atoms with Gasteiger partial charge in [-0.1, -0.05) is 25.1 Å². The van der Waals surface area contributed by atoms with E-state index in [9.17, 15) is 4.79 Å². The van der Waals surface area contributed by atoms with E-state index < -0.39 is 0 Å². The van der Waals surface area contributed by atoms with Gasteiger partial charge in [-0.05, 0) is 56.5 Å². The van der Waals surface area contributed by atoms with Crippen molar-refractivity contribution in [3.63, 3.8) is 0 Å². The Hall–Kier alpha value is -2.49. The quantitative estimate of drug-likeness (QED) is 0.843. The van der Waals surface area contributed by atoms with Gasteiger partial charge in [0.25, 0.3) is 5.91 Å². The third-order valence-electron chi connectivity index (χ3n) is 3.77. The molecule has 0 spiro atoms. The molecule has 0 bridgehead atoms. The van der Waals surface area contributed by atoms with E-state index in [2.05, 4.69) is 12.2 Å². The van der Waals surface area contributed by atoms with Crippen LogP contribution in [-0.4, -0.2) is 19.1 Å². The summed E-state index contributed by atoms with van der Waals surface area (Å²) in [7, 11) is 1.57. The Morgan fingerprint density at radius 2 is 1.92 bits per heavy atom. The van der Waals surface area contributed by atoms with E-state index in [1.54, 1.807) is 25.3 Å². The number of rotatable bonds is 6. The molecule has 0 aliphatic carbocycles. The molecule has 0 radical (unpaired) electrons. The van der Waals surface area contributed by atoms with Crippen molar-refractivity contribution < 1.29 is 14.3 Å². The predicted molar refractivity (Wildman–Crippen MR) is 97.3 cm³/mol. The van der Waals surface area contributed by atoms with Gasteiger partial charge in [0.1, 0.15) is 0 Å². The van der Waals surface area contributed by atoms with Crippen LogP contribution in [0.4, 0.5) is 5.69 Å². The number of benzene rings is 2. The number of para-hydroxylation sites is 1. The Kier molecular flexibility index (Phi) is 5.85. The zero-order valence-electron chi connectivity index (χ0n) is 15.0. The summed E-state index contributed by atoms with van der Waals surface area (Å²) in [6.07, 6.45) is 0.902. The maximum absolute atomic E-state index is 12.6. The van der Waals surface area contributed by atoms with Crippen LogP contribution in [0.3, 0.4) is 0 Å². The third-order valence-corrected chi connectivity index (χ3v) is 3.77. The molecule has 0 heterocycles. The fourth-order valence-corrected chi connectivity index (χ4v) is 2.55. The highest BCUT2D eigenvalue weighted by Crippen LogP contribution is 2.30. The largest absolute Gasteiger partial charge is 0.493 e. The standard InChI is InChI=1S/C20H25NO3/c1-6-15-9-7-8-14(4)19(15)21-20(22)16-10-11-17(24-13(2)3)18(12-16)23-5/h7-13H,6H2,1-5H3,(H,21,22). The first-order valence-electron chi connectivity index (χ1n) is 8.20. The number of anilines is 1. The van der Waals surface area contributed by atoms with Gasteiger partial charge in [0.2, 0.25) is 0 Å². The van der Waals surface area contributed by atoms with E-state index in [-0.39, 0.29) is 12.0 Å².